The molecule has 2 fully saturated rings. The highest BCUT2D eigenvalue weighted by atomic mass is 35.5. The first-order valence-electron chi connectivity index (χ1n) is 7.73. The number of carbonyl (C=O) groups is 2. The lowest BCUT2D eigenvalue weighted by atomic mass is 10.0. The Labute approximate surface area is 139 Å². The van der Waals surface area contributed by atoms with Crippen LogP contribution in [0.4, 0.5) is 4.79 Å². The van der Waals surface area contributed by atoms with Gasteiger partial charge in [0.15, 0.2) is 6.61 Å². The van der Waals surface area contributed by atoms with Gasteiger partial charge in [0.05, 0.1) is 6.54 Å². The molecule has 0 N–H and O–H groups in total. The fourth-order valence-corrected chi connectivity index (χ4v) is 3.06. The van der Waals surface area contributed by atoms with Crippen molar-refractivity contribution >= 4 is 23.6 Å². The summed E-state index contributed by atoms with van der Waals surface area (Å²) in [6, 6.07) is 7.09. The van der Waals surface area contributed by atoms with Crippen molar-refractivity contribution in [3.8, 4) is 5.75 Å². The third-order valence-electron chi connectivity index (χ3n) is 4.23. The van der Waals surface area contributed by atoms with E-state index in [0.29, 0.717) is 37.0 Å². The number of ether oxygens (including phenoxy) is 2. The van der Waals surface area contributed by atoms with Crippen molar-refractivity contribution in [2.24, 2.45) is 0 Å². The van der Waals surface area contributed by atoms with Crippen LogP contribution in [0.15, 0.2) is 24.3 Å². The maximum atomic E-state index is 12.2. The van der Waals surface area contributed by atoms with Gasteiger partial charge in [0.25, 0.3) is 5.91 Å². The lowest BCUT2D eigenvalue weighted by Crippen LogP contribution is -2.48. The van der Waals surface area contributed by atoms with Gasteiger partial charge in [-0.2, -0.15) is 0 Å². The van der Waals surface area contributed by atoms with Gasteiger partial charge in [0.2, 0.25) is 0 Å². The molecule has 7 heteroatoms. The van der Waals surface area contributed by atoms with Gasteiger partial charge < -0.3 is 19.3 Å². The lowest BCUT2D eigenvalue weighted by molar-refractivity contribution is -0.134. The third-order valence-corrected chi connectivity index (χ3v) is 4.48. The van der Waals surface area contributed by atoms with Crippen LogP contribution < -0.4 is 4.74 Å². The molecule has 0 radical (unpaired) electrons. The van der Waals surface area contributed by atoms with Crippen molar-refractivity contribution in [2.75, 3.05) is 32.8 Å². The predicted molar refractivity (Wildman–Crippen MR) is 84.6 cm³/mol. The maximum absolute atomic E-state index is 12.2. The van der Waals surface area contributed by atoms with E-state index in [4.69, 9.17) is 21.1 Å². The van der Waals surface area contributed by atoms with Gasteiger partial charge >= 0.3 is 6.09 Å². The molecule has 3 rings (SSSR count). The molecule has 0 atom stereocenters. The summed E-state index contributed by atoms with van der Waals surface area (Å²) in [4.78, 5) is 27.3. The van der Waals surface area contributed by atoms with Gasteiger partial charge in [-0.05, 0) is 37.1 Å². The molecule has 2 heterocycles. The SMILES string of the molecule is O=C(COc1ccc(Cl)cc1)N1CCC(N2CCOC2=O)CC1. The molecule has 1 aromatic rings. The summed E-state index contributed by atoms with van der Waals surface area (Å²) in [6.45, 7) is 2.40. The Morgan fingerprint density at radius 3 is 2.52 bits per heavy atom. The minimum atomic E-state index is -0.235. The summed E-state index contributed by atoms with van der Waals surface area (Å²) in [6.07, 6.45) is 1.32. The molecule has 0 bridgehead atoms. The molecule has 2 aliphatic rings. The number of amides is 2. The Kier molecular flexibility index (Phi) is 4.91. The van der Waals surface area contributed by atoms with Crippen molar-refractivity contribution in [2.45, 2.75) is 18.9 Å². The normalized spacial score (nSPS) is 18.9. The van der Waals surface area contributed by atoms with Crippen LogP contribution in [0.5, 0.6) is 5.75 Å². The molecule has 2 saturated heterocycles. The Hall–Kier alpha value is -1.95. The molecule has 0 aromatic heterocycles. The summed E-state index contributed by atoms with van der Waals surface area (Å²) in [5.41, 5.74) is 0. The number of hydrogen-bond acceptors (Lipinski definition) is 4. The van der Waals surface area contributed by atoms with Crippen molar-refractivity contribution in [1.82, 2.24) is 9.80 Å². The fraction of sp³-hybridized carbons (Fsp3) is 0.500. The van der Waals surface area contributed by atoms with Crippen molar-refractivity contribution < 1.29 is 19.1 Å². The number of rotatable bonds is 4. The first-order valence-corrected chi connectivity index (χ1v) is 8.11. The van der Waals surface area contributed by atoms with E-state index < -0.39 is 0 Å². The zero-order chi connectivity index (χ0) is 16.2. The average Bonchev–Trinajstić information content (AvgIpc) is 3.00. The van der Waals surface area contributed by atoms with E-state index in [1.807, 2.05) is 0 Å². The first-order chi connectivity index (χ1) is 11.1. The molecule has 2 aliphatic heterocycles. The van der Waals surface area contributed by atoms with Crippen molar-refractivity contribution in [1.29, 1.82) is 0 Å². The number of cyclic esters (lactones) is 1. The van der Waals surface area contributed by atoms with Gasteiger partial charge in [0.1, 0.15) is 12.4 Å². The standard InChI is InChI=1S/C16H19ClN2O4/c17-12-1-3-14(4-2-12)23-11-15(20)18-7-5-13(6-8-18)19-9-10-22-16(19)21/h1-4,13H,5-11H2. The average molecular weight is 339 g/mol. The second kappa shape index (κ2) is 7.08. The summed E-state index contributed by atoms with van der Waals surface area (Å²) in [5.74, 6) is 0.583. The summed E-state index contributed by atoms with van der Waals surface area (Å²) in [5, 5.41) is 0.631. The minimum absolute atomic E-state index is 0.0120. The molecule has 1 aromatic carbocycles. The highest BCUT2D eigenvalue weighted by Gasteiger charge is 2.33. The van der Waals surface area contributed by atoms with Gasteiger partial charge in [-0.15, -0.1) is 0 Å². The van der Waals surface area contributed by atoms with E-state index >= 15 is 0 Å². The Bertz CT molecular complexity index is 570. The summed E-state index contributed by atoms with van der Waals surface area (Å²) >= 11 is 5.81. The topological polar surface area (TPSA) is 59.1 Å². The molecule has 0 spiro atoms. The zero-order valence-corrected chi connectivity index (χ0v) is 13.5. The molecule has 0 unspecified atom stereocenters. The first kappa shape index (κ1) is 15.9. The van der Waals surface area contributed by atoms with E-state index in [9.17, 15) is 9.59 Å². The molecule has 0 aliphatic carbocycles. The van der Waals surface area contributed by atoms with Crippen LogP contribution in [-0.2, 0) is 9.53 Å². The van der Waals surface area contributed by atoms with Crippen LogP contribution in [0.2, 0.25) is 5.02 Å². The van der Waals surface area contributed by atoms with Gasteiger partial charge in [-0.3, -0.25) is 4.79 Å². The van der Waals surface area contributed by atoms with Crippen LogP contribution >= 0.6 is 11.6 Å². The number of benzene rings is 1. The molecule has 0 saturated carbocycles. The smallest absolute Gasteiger partial charge is 0.410 e. The number of piperidine rings is 1. The number of hydrogen-bond donors (Lipinski definition) is 0. The van der Waals surface area contributed by atoms with E-state index in [1.54, 1.807) is 34.1 Å². The van der Waals surface area contributed by atoms with Crippen LogP contribution in [-0.4, -0.2) is 60.7 Å². The third kappa shape index (κ3) is 3.88. The number of carbonyl (C=O) groups excluding carboxylic acids is 2. The van der Waals surface area contributed by atoms with Crippen LogP contribution in [0, 0.1) is 0 Å². The van der Waals surface area contributed by atoms with Gasteiger partial charge in [0, 0.05) is 24.2 Å². The van der Waals surface area contributed by atoms with Crippen LogP contribution in [0.25, 0.3) is 0 Å². The maximum Gasteiger partial charge on any atom is 0.410 e. The van der Waals surface area contributed by atoms with E-state index in [2.05, 4.69) is 0 Å². The van der Waals surface area contributed by atoms with E-state index in [-0.39, 0.29) is 24.6 Å². The summed E-state index contributed by atoms with van der Waals surface area (Å²) < 4.78 is 10.5. The zero-order valence-electron chi connectivity index (χ0n) is 12.7. The number of halogens is 1. The molecular weight excluding hydrogens is 320 g/mol. The van der Waals surface area contributed by atoms with Crippen LogP contribution in [0.1, 0.15) is 12.8 Å². The Morgan fingerprint density at radius 1 is 1.22 bits per heavy atom. The Balaban J connectivity index is 1.44. The quantitative estimate of drug-likeness (QED) is 0.844. The minimum Gasteiger partial charge on any atom is -0.484 e. The number of nitrogens with zero attached hydrogens (tertiary/aromatic N) is 2. The second-order valence-corrected chi connectivity index (χ2v) is 6.10. The largest absolute Gasteiger partial charge is 0.484 e. The van der Waals surface area contributed by atoms with Gasteiger partial charge in [-0.1, -0.05) is 11.6 Å². The highest BCUT2D eigenvalue weighted by Crippen LogP contribution is 2.20. The molecular formula is C16H19ClN2O4. The lowest BCUT2D eigenvalue weighted by Gasteiger charge is -2.35. The van der Waals surface area contributed by atoms with E-state index in [0.717, 1.165) is 12.8 Å². The van der Waals surface area contributed by atoms with Gasteiger partial charge in [-0.25, -0.2) is 4.79 Å². The molecule has 6 nitrogen and oxygen atoms in total. The second-order valence-electron chi connectivity index (χ2n) is 5.66. The fourth-order valence-electron chi connectivity index (χ4n) is 2.93. The molecule has 23 heavy (non-hydrogen) atoms. The van der Waals surface area contributed by atoms with Crippen molar-refractivity contribution in [3.05, 3.63) is 29.3 Å². The summed E-state index contributed by atoms with van der Waals surface area (Å²) in [7, 11) is 0. The van der Waals surface area contributed by atoms with Crippen molar-refractivity contribution in [3.63, 3.8) is 0 Å². The van der Waals surface area contributed by atoms with Crippen LogP contribution in [0.3, 0.4) is 0 Å². The molecule has 2 amide bonds. The Morgan fingerprint density at radius 2 is 1.91 bits per heavy atom. The molecule has 124 valence electrons. The monoisotopic (exact) mass is 338 g/mol. The van der Waals surface area contributed by atoms with E-state index in [1.165, 1.54) is 0 Å². The number of likely N-dealkylation sites (tertiary alicyclic amines) is 1. The predicted octanol–water partition coefficient (Wildman–Crippen LogP) is 2.16. The highest BCUT2D eigenvalue weighted by molar-refractivity contribution is 6.30.